The van der Waals surface area contributed by atoms with E-state index in [0.717, 1.165) is 24.1 Å². The van der Waals surface area contributed by atoms with Crippen LogP contribution >= 0.6 is 11.6 Å². The summed E-state index contributed by atoms with van der Waals surface area (Å²) in [6.07, 6.45) is 4.96. The first-order chi connectivity index (χ1) is 8.67. The van der Waals surface area contributed by atoms with Crippen LogP contribution in [-0.2, 0) is 6.42 Å². The third-order valence-corrected chi connectivity index (χ3v) is 2.99. The van der Waals surface area contributed by atoms with Gasteiger partial charge in [-0.3, -0.25) is 0 Å². The fourth-order valence-corrected chi connectivity index (χ4v) is 1.88. The van der Waals surface area contributed by atoms with E-state index in [4.69, 9.17) is 17.4 Å². The van der Waals surface area contributed by atoms with E-state index < -0.39 is 0 Å². The summed E-state index contributed by atoms with van der Waals surface area (Å²) in [5.74, 6) is 6.79. The first-order valence-corrected chi connectivity index (χ1v) is 6.07. The van der Waals surface area contributed by atoms with E-state index in [2.05, 4.69) is 27.4 Å². The molecule has 3 N–H and O–H groups in total. The van der Waals surface area contributed by atoms with Crippen LogP contribution in [0.15, 0.2) is 12.5 Å². The number of nitrogen functional groups attached to an aromatic ring is 1. The highest BCUT2D eigenvalue weighted by Gasteiger charge is 2.13. The number of nitrogens with zero attached hydrogens (tertiary/aromatic N) is 4. The van der Waals surface area contributed by atoms with Crippen LogP contribution in [0.1, 0.15) is 24.6 Å². The Morgan fingerprint density at radius 1 is 1.44 bits per heavy atom. The normalized spacial score (nSPS) is 10.7. The van der Waals surface area contributed by atoms with Crippen molar-refractivity contribution in [3.8, 4) is 5.82 Å². The van der Waals surface area contributed by atoms with Crippen molar-refractivity contribution < 1.29 is 0 Å². The third-order valence-electron chi connectivity index (χ3n) is 2.62. The molecule has 0 radical (unpaired) electrons. The lowest BCUT2D eigenvalue weighted by Crippen LogP contribution is -2.14. The second-order valence-corrected chi connectivity index (χ2v) is 4.33. The molecule has 0 atom stereocenters. The second-order valence-electron chi connectivity index (χ2n) is 3.93. The van der Waals surface area contributed by atoms with E-state index in [1.807, 2.05) is 6.92 Å². The van der Waals surface area contributed by atoms with Gasteiger partial charge in [-0.05, 0) is 13.3 Å². The van der Waals surface area contributed by atoms with Gasteiger partial charge in [-0.2, -0.15) is 5.10 Å². The molecule has 0 aromatic carbocycles. The van der Waals surface area contributed by atoms with Crippen molar-refractivity contribution in [2.75, 3.05) is 5.43 Å². The number of aromatic nitrogens is 4. The quantitative estimate of drug-likeness (QED) is 0.652. The molecule has 0 saturated heterocycles. The monoisotopic (exact) mass is 266 g/mol. The molecule has 18 heavy (non-hydrogen) atoms. The Balaban J connectivity index is 2.55. The van der Waals surface area contributed by atoms with Gasteiger partial charge in [0.2, 0.25) is 0 Å². The highest BCUT2D eigenvalue weighted by Crippen LogP contribution is 2.22. The zero-order valence-electron chi connectivity index (χ0n) is 10.3. The minimum atomic E-state index is 0.610. The number of anilines is 1. The van der Waals surface area contributed by atoms with Crippen LogP contribution in [-0.4, -0.2) is 19.7 Å². The van der Waals surface area contributed by atoms with Gasteiger partial charge in [-0.15, -0.1) is 0 Å². The Kier molecular flexibility index (Phi) is 3.78. The average Bonchev–Trinajstić information content (AvgIpc) is 2.70. The first kappa shape index (κ1) is 12.8. The zero-order valence-corrected chi connectivity index (χ0v) is 11.1. The topological polar surface area (TPSA) is 81.6 Å². The molecule has 2 aromatic rings. The largest absolute Gasteiger partial charge is 0.308 e. The number of nitrogens with one attached hydrogen (secondary N) is 1. The molecule has 2 heterocycles. The molecular formula is C11H15ClN6. The molecule has 6 nitrogen and oxygen atoms in total. The van der Waals surface area contributed by atoms with Crippen LogP contribution in [0.5, 0.6) is 0 Å². The maximum Gasteiger partial charge on any atom is 0.162 e. The Morgan fingerprint density at radius 3 is 2.78 bits per heavy atom. The minimum absolute atomic E-state index is 0.610. The molecule has 0 aliphatic heterocycles. The molecular weight excluding hydrogens is 252 g/mol. The lowest BCUT2D eigenvalue weighted by atomic mass is 10.1. The Bertz CT molecular complexity index is 531. The number of halogens is 1. The summed E-state index contributed by atoms with van der Waals surface area (Å²) in [6.45, 7) is 3.93. The molecule has 2 aromatic heterocycles. The summed E-state index contributed by atoms with van der Waals surface area (Å²) in [4.78, 5) is 8.38. The fourth-order valence-electron chi connectivity index (χ4n) is 1.75. The van der Waals surface area contributed by atoms with Gasteiger partial charge in [-0.1, -0.05) is 24.9 Å². The molecule has 0 saturated carbocycles. The van der Waals surface area contributed by atoms with E-state index in [-0.39, 0.29) is 0 Å². The number of nitrogens with two attached hydrogens (primary N) is 1. The molecule has 0 bridgehead atoms. The molecule has 0 amide bonds. The predicted octanol–water partition coefficient (Wildman–Crippen LogP) is 1.86. The molecule has 96 valence electrons. The summed E-state index contributed by atoms with van der Waals surface area (Å²) in [5, 5.41) is 4.93. The number of hydrogen-bond donors (Lipinski definition) is 2. The van der Waals surface area contributed by atoms with E-state index in [1.54, 1.807) is 10.9 Å². The van der Waals surface area contributed by atoms with E-state index in [0.29, 0.717) is 16.7 Å². The van der Waals surface area contributed by atoms with Crippen LogP contribution in [0.25, 0.3) is 5.82 Å². The third kappa shape index (κ3) is 2.30. The summed E-state index contributed by atoms with van der Waals surface area (Å²) in [5.41, 5.74) is 4.28. The van der Waals surface area contributed by atoms with Crippen molar-refractivity contribution >= 4 is 17.4 Å². The van der Waals surface area contributed by atoms with Gasteiger partial charge in [0.1, 0.15) is 12.1 Å². The van der Waals surface area contributed by atoms with Crippen molar-refractivity contribution in [3.63, 3.8) is 0 Å². The first-order valence-electron chi connectivity index (χ1n) is 5.70. The Hall–Kier alpha value is -1.66. The highest BCUT2D eigenvalue weighted by molar-refractivity contribution is 6.31. The summed E-state index contributed by atoms with van der Waals surface area (Å²) in [7, 11) is 0. The smallest absolute Gasteiger partial charge is 0.162 e. The highest BCUT2D eigenvalue weighted by atomic mass is 35.5. The number of hydrazine groups is 1. The number of hydrogen-bond acceptors (Lipinski definition) is 5. The van der Waals surface area contributed by atoms with Crippen LogP contribution in [0.4, 0.5) is 5.82 Å². The van der Waals surface area contributed by atoms with Gasteiger partial charge in [-0.25, -0.2) is 20.5 Å². The fraction of sp³-hybridized carbons (Fsp3) is 0.364. The summed E-state index contributed by atoms with van der Waals surface area (Å²) < 4.78 is 1.66. The van der Waals surface area contributed by atoms with Crippen molar-refractivity contribution in [2.24, 2.45) is 5.84 Å². The second kappa shape index (κ2) is 5.32. The molecule has 2 rings (SSSR count). The Labute approximate surface area is 110 Å². The molecule has 0 aliphatic carbocycles. The molecule has 0 spiro atoms. The van der Waals surface area contributed by atoms with Crippen LogP contribution < -0.4 is 11.3 Å². The van der Waals surface area contributed by atoms with Gasteiger partial charge in [0, 0.05) is 5.56 Å². The van der Waals surface area contributed by atoms with Crippen molar-refractivity contribution in [1.82, 2.24) is 19.7 Å². The summed E-state index contributed by atoms with van der Waals surface area (Å²) in [6, 6.07) is 0. The number of aryl methyl sites for hydroxylation is 1. The van der Waals surface area contributed by atoms with Gasteiger partial charge >= 0.3 is 0 Å². The zero-order chi connectivity index (χ0) is 13.1. The number of rotatable bonds is 4. The lowest BCUT2D eigenvalue weighted by Gasteiger charge is -2.11. The maximum atomic E-state index is 6.02. The molecule has 0 aliphatic rings. The van der Waals surface area contributed by atoms with E-state index in [1.165, 1.54) is 6.33 Å². The molecule has 0 unspecified atom stereocenters. The van der Waals surface area contributed by atoms with Crippen LogP contribution in [0.2, 0.25) is 5.02 Å². The molecule has 7 heteroatoms. The Morgan fingerprint density at radius 2 is 2.22 bits per heavy atom. The van der Waals surface area contributed by atoms with Crippen molar-refractivity contribution in [1.29, 1.82) is 0 Å². The van der Waals surface area contributed by atoms with E-state index >= 15 is 0 Å². The van der Waals surface area contributed by atoms with Crippen molar-refractivity contribution in [2.45, 2.75) is 26.7 Å². The van der Waals surface area contributed by atoms with Gasteiger partial charge in [0.15, 0.2) is 5.82 Å². The van der Waals surface area contributed by atoms with Gasteiger partial charge in [0.05, 0.1) is 16.9 Å². The minimum Gasteiger partial charge on any atom is -0.308 e. The molecule has 0 fully saturated rings. The van der Waals surface area contributed by atoms with Crippen LogP contribution in [0, 0.1) is 6.92 Å². The van der Waals surface area contributed by atoms with Gasteiger partial charge in [0.25, 0.3) is 0 Å². The maximum absolute atomic E-state index is 6.02. The lowest BCUT2D eigenvalue weighted by molar-refractivity contribution is 0.791. The summed E-state index contributed by atoms with van der Waals surface area (Å²) >= 11 is 6.02. The average molecular weight is 267 g/mol. The van der Waals surface area contributed by atoms with Crippen LogP contribution in [0.3, 0.4) is 0 Å². The predicted molar refractivity (Wildman–Crippen MR) is 70.7 cm³/mol. The van der Waals surface area contributed by atoms with Crippen molar-refractivity contribution in [3.05, 3.63) is 28.8 Å². The van der Waals surface area contributed by atoms with Gasteiger partial charge < -0.3 is 5.43 Å². The SMILES string of the molecule is CCCc1c(NN)ncnc1-n1cc(Cl)c(C)n1. The standard InChI is InChI=1S/C11H15ClN6/c1-3-4-8-10(16-13)14-6-15-11(8)18-5-9(12)7(2)17-18/h5-6H,3-4,13H2,1-2H3,(H,14,15,16). The van der Waals surface area contributed by atoms with E-state index in [9.17, 15) is 0 Å².